The van der Waals surface area contributed by atoms with Crippen LogP contribution in [0.5, 0.6) is 0 Å². The molecule has 0 aliphatic heterocycles. The highest BCUT2D eigenvalue weighted by Gasteiger charge is 2.12. The van der Waals surface area contributed by atoms with E-state index in [0.717, 1.165) is 0 Å². The van der Waals surface area contributed by atoms with Crippen molar-refractivity contribution in [3.05, 3.63) is 132 Å². The Bertz CT molecular complexity index is 2500. The summed E-state index contributed by atoms with van der Waals surface area (Å²) >= 11 is 7.47. The van der Waals surface area contributed by atoms with Crippen LogP contribution in [-0.4, -0.2) is 0 Å². The normalized spacial score (nSPS) is 12.1. The Hall–Kier alpha value is -4.32. The lowest BCUT2D eigenvalue weighted by atomic mass is 10.0. The zero-order valence-corrected chi connectivity index (χ0v) is 26.6. The number of hydrogen-bond acceptors (Lipinski definition) is 4. The van der Waals surface area contributed by atoms with Crippen LogP contribution in [0.4, 0.5) is 0 Å². The summed E-state index contributed by atoms with van der Waals surface area (Å²) in [5.74, 6) is 0. The van der Waals surface area contributed by atoms with Gasteiger partial charge in [0.05, 0.1) is 0 Å². The molecular weight excluding hydrogens is 609 g/mol. The summed E-state index contributed by atoms with van der Waals surface area (Å²) in [6.45, 7) is 0. The molecule has 0 nitrogen and oxygen atoms in total. The summed E-state index contributed by atoms with van der Waals surface area (Å²) in [5, 5.41) is 15.1. The third kappa shape index (κ3) is 3.79. The quantitative estimate of drug-likeness (QED) is 0.182. The van der Waals surface area contributed by atoms with Crippen molar-refractivity contribution in [2.24, 2.45) is 0 Å². The van der Waals surface area contributed by atoms with Gasteiger partial charge in [0.1, 0.15) is 0 Å². The summed E-state index contributed by atoms with van der Waals surface area (Å²) in [5.41, 5.74) is 5.03. The Morgan fingerprint density at radius 3 is 1.09 bits per heavy atom. The number of fused-ring (bicyclic) bond motifs is 10. The summed E-state index contributed by atoms with van der Waals surface area (Å²) in [6, 6.07) is 45.5. The second-order valence-corrected chi connectivity index (χ2v) is 15.3. The fourth-order valence-corrected chi connectivity index (χ4v) is 10.8. The summed E-state index contributed by atoms with van der Waals surface area (Å²) in [7, 11) is 0. The van der Waals surface area contributed by atoms with Gasteiger partial charge in [-0.2, -0.15) is 0 Å². The highest BCUT2D eigenvalue weighted by Crippen LogP contribution is 2.43. The van der Waals surface area contributed by atoms with Gasteiger partial charge >= 0.3 is 0 Å². The van der Waals surface area contributed by atoms with E-state index in [4.69, 9.17) is 0 Å². The topological polar surface area (TPSA) is 0 Å². The van der Waals surface area contributed by atoms with Gasteiger partial charge in [0.25, 0.3) is 0 Å². The van der Waals surface area contributed by atoms with E-state index in [1.165, 1.54) is 93.9 Å². The summed E-state index contributed by atoms with van der Waals surface area (Å²) in [6.07, 6.45) is 0. The van der Waals surface area contributed by atoms with E-state index >= 15 is 0 Å². The molecular formula is C40H22S4. The van der Waals surface area contributed by atoms with Crippen LogP contribution in [0.25, 0.3) is 93.9 Å². The standard InChI is InChI=1S/C40H22S4/c1-5-25(35-21-29-11-15-31-33(39(29)43-35)13-9-27-17-19-41-37(27)31)6-2-23(1)24-3-7-26(8-4-24)36-22-30-12-16-32-34(40(30)44-36)14-10-28-18-20-42-38(28)32/h1-22H. The predicted molar refractivity (Wildman–Crippen MR) is 199 cm³/mol. The lowest BCUT2D eigenvalue weighted by Gasteiger charge is -2.05. The van der Waals surface area contributed by atoms with Gasteiger partial charge in [-0.25, -0.2) is 0 Å². The number of benzene rings is 6. The highest BCUT2D eigenvalue weighted by molar-refractivity contribution is 7.24. The molecule has 206 valence electrons. The van der Waals surface area contributed by atoms with Crippen LogP contribution in [0.3, 0.4) is 0 Å². The molecule has 0 bridgehead atoms. The van der Waals surface area contributed by atoms with Crippen LogP contribution in [0, 0.1) is 0 Å². The van der Waals surface area contributed by atoms with E-state index in [1.807, 2.05) is 45.3 Å². The molecule has 0 aliphatic carbocycles. The average Bonchev–Trinajstić information content (AvgIpc) is 3.89. The van der Waals surface area contributed by atoms with Crippen LogP contribution in [0.15, 0.2) is 132 Å². The largest absolute Gasteiger partial charge is 0.143 e. The van der Waals surface area contributed by atoms with Gasteiger partial charge in [0, 0.05) is 50.1 Å². The van der Waals surface area contributed by atoms with Gasteiger partial charge in [-0.1, -0.05) is 97.1 Å². The second kappa shape index (κ2) is 9.59. The molecule has 0 aliphatic rings. The van der Waals surface area contributed by atoms with Crippen molar-refractivity contribution < 1.29 is 0 Å². The molecule has 0 saturated heterocycles. The number of hydrogen-bond donors (Lipinski definition) is 0. The molecule has 0 atom stereocenters. The van der Waals surface area contributed by atoms with Crippen LogP contribution >= 0.6 is 45.3 Å². The Kier molecular flexibility index (Phi) is 5.46. The minimum atomic E-state index is 1.24. The molecule has 10 aromatic rings. The lowest BCUT2D eigenvalue weighted by Crippen LogP contribution is -1.79. The molecule has 0 spiro atoms. The number of thiophene rings is 4. The monoisotopic (exact) mass is 630 g/mol. The molecule has 0 saturated carbocycles. The average molecular weight is 631 g/mol. The molecule has 4 heterocycles. The van der Waals surface area contributed by atoms with Crippen molar-refractivity contribution >= 4 is 107 Å². The molecule has 4 heteroatoms. The SMILES string of the molecule is c1cc2ccc3c(ccc4cc(-c5ccc(-c6ccc(-c7cc8ccc9c(ccc%10ccsc%109)c8s7)cc6)cc5)sc43)c2s1. The van der Waals surface area contributed by atoms with Crippen LogP contribution in [0.2, 0.25) is 0 Å². The Morgan fingerprint density at radius 2 is 0.659 bits per heavy atom. The molecule has 0 amide bonds. The van der Waals surface area contributed by atoms with Crippen molar-refractivity contribution in [3.63, 3.8) is 0 Å². The first-order valence-electron chi connectivity index (χ1n) is 14.6. The minimum Gasteiger partial charge on any atom is -0.143 e. The third-order valence-electron chi connectivity index (χ3n) is 8.86. The maximum absolute atomic E-state index is 2.35. The second-order valence-electron chi connectivity index (χ2n) is 11.3. The summed E-state index contributed by atoms with van der Waals surface area (Å²) < 4.78 is 5.52. The van der Waals surface area contributed by atoms with Gasteiger partial charge < -0.3 is 0 Å². The first-order valence-corrected chi connectivity index (χ1v) is 18.0. The Balaban J connectivity index is 0.964. The van der Waals surface area contributed by atoms with Crippen LogP contribution < -0.4 is 0 Å². The molecule has 0 fully saturated rings. The zero-order chi connectivity index (χ0) is 28.8. The van der Waals surface area contributed by atoms with Crippen molar-refractivity contribution in [3.8, 4) is 32.0 Å². The maximum atomic E-state index is 2.35. The highest BCUT2D eigenvalue weighted by atomic mass is 32.1. The van der Waals surface area contributed by atoms with Crippen LogP contribution in [0.1, 0.15) is 0 Å². The molecule has 6 aromatic carbocycles. The molecule has 0 N–H and O–H groups in total. The van der Waals surface area contributed by atoms with Gasteiger partial charge in [-0.15, -0.1) is 45.3 Å². The summed E-state index contributed by atoms with van der Waals surface area (Å²) in [4.78, 5) is 2.63. The van der Waals surface area contributed by atoms with Gasteiger partial charge in [-0.3, -0.25) is 0 Å². The van der Waals surface area contributed by atoms with E-state index in [1.54, 1.807) is 0 Å². The fraction of sp³-hybridized carbons (Fsp3) is 0. The van der Waals surface area contributed by atoms with E-state index < -0.39 is 0 Å². The van der Waals surface area contributed by atoms with Gasteiger partial charge in [0.2, 0.25) is 0 Å². The van der Waals surface area contributed by atoms with E-state index in [0.29, 0.717) is 0 Å². The van der Waals surface area contributed by atoms with Crippen molar-refractivity contribution in [2.75, 3.05) is 0 Å². The fourth-order valence-electron chi connectivity index (χ4n) is 6.60. The van der Waals surface area contributed by atoms with Crippen molar-refractivity contribution in [1.29, 1.82) is 0 Å². The molecule has 44 heavy (non-hydrogen) atoms. The van der Waals surface area contributed by atoms with E-state index in [-0.39, 0.29) is 0 Å². The first-order chi connectivity index (χ1) is 21.8. The van der Waals surface area contributed by atoms with Gasteiger partial charge in [0.15, 0.2) is 0 Å². The first kappa shape index (κ1) is 25.1. The Morgan fingerprint density at radius 1 is 0.295 bits per heavy atom. The lowest BCUT2D eigenvalue weighted by molar-refractivity contribution is 1.62. The van der Waals surface area contributed by atoms with Crippen LogP contribution in [-0.2, 0) is 0 Å². The smallest absolute Gasteiger partial charge is 0.0428 e. The molecule has 0 radical (unpaired) electrons. The molecule has 0 unspecified atom stereocenters. The maximum Gasteiger partial charge on any atom is 0.0428 e. The zero-order valence-electron chi connectivity index (χ0n) is 23.3. The van der Waals surface area contributed by atoms with Crippen molar-refractivity contribution in [1.82, 2.24) is 0 Å². The number of rotatable bonds is 3. The van der Waals surface area contributed by atoms with E-state index in [2.05, 4.69) is 132 Å². The minimum absolute atomic E-state index is 1.24. The molecule has 10 rings (SSSR count). The van der Waals surface area contributed by atoms with E-state index in [9.17, 15) is 0 Å². The predicted octanol–water partition coefficient (Wildman–Crippen LogP) is 13.9. The van der Waals surface area contributed by atoms with Crippen molar-refractivity contribution in [2.45, 2.75) is 0 Å². The third-order valence-corrected chi connectivity index (χ3v) is 13.3. The van der Waals surface area contributed by atoms with Gasteiger partial charge in [-0.05, 0) is 78.8 Å². The Labute approximate surface area is 269 Å². The molecule has 4 aromatic heterocycles.